The van der Waals surface area contributed by atoms with Crippen molar-refractivity contribution in [2.45, 2.75) is 19.4 Å². The third-order valence-electron chi connectivity index (χ3n) is 2.15. The number of methoxy groups -OCH3 is 1. The first-order valence-corrected chi connectivity index (χ1v) is 5.35. The number of aliphatic hydroxyl groups excluding tert-OH is 1. The maximum Gasteiger partial charge on any atom is 0.308 e. The number of esters is 1. The van der Waals surface area contributed by atoms with Crippen LogP contribution in [0, 0.1) is 6.92 Å². The maximum atomic E-state index is 11.0. The van der Waals surface area contributed by atoms with Crippen LogP contribution in [-0.2, 0) is 9.53 Å². The number of aryl methyl sites for hydroxylation is 1. The zero-order chi connectivity index (χ0) is 11.4. The largest absolute Gasteiger partial charge is 0.469 e. The molecular weight excluding hydrogens is 260 g/mol. The number of benzene rings is 1. The van der Waals surface area contributed by atoms with Crippen LogP contribution in [-0.4, -0.2) is 18.2 Å². The van der Waals surface area contributed by atoms with Crippen molar-refractivity contribution in [3.8, 4) is 0 Å². The minimum Gasteiger partial charge on any atom is -0.469 e. The second-order valence-electron chi connectivity index (χ2n) is 3.30. The Bertz CT molecular complexity index is 363. The molecule has 0 bridgehead atoms. The van der Waals surface area contributed by atoms with Gasteiger partial charge in [-0.05, 0) is 24.1 Å². The topological polar surface area (TPSA) is 46.5 Å². The summed E-state index contributed by atoms with van der Waals surface area (Å²) in [6.45, 7) is 1.93. The van der Waals surface area contributed by atoms with E-state index in [2.05, 4.69) is 20.7 Å². The standard InChI is InChI=1S/C11H13BrO3/c1-7-5-8(3-4-9(7)12)10(13)6-11(14)15-2/h3-5,10,13H,6H2,1-2H3/t10-/m0/s1. The summed E-state index contributed by atoms with van der Waals surface area (Å²) in [6, 6.07) is 5.48. The third kappa shape index (κ3) is 3.32. The number of aliphatic hydroxyl groups is 1. The summed E-state index contributed by atoms with van der Waals surface area (Å²) >= 11 is 3.37. The van der Waals surface area contributed by atoms with Gasteiger partial charge in [-0.3, -0.25) is 4.79 Å². The van der Waals surface area contributed by atoms with Crippen molar-refractivity contribution in [2.75, 3.05) is 7.11 Å². The number of carbonyl (C=O) groups is 1. The van der Waals surface area contributed by atoms with E-state index in [-0.39, 0.29) is 6.42 Å². The molecule has 82 valence electrons. The monoisotopic (exact) mass is 272 g/mol. The van der Waals surface area contributed by atoms with Gasteiger partial charge in [-0.2, -0.15) is 0 Å². The minimum atomic E-state index is -0.802. The number of rotatable bonds is 3. The molecule has 4 heteroatoms. The smallest absolute Gasteiger partial charge is 0.308 e. The van der Waals surface area contributed by atoms with Crippen LogP contribution in [0.5, 0.6) is 0 Å². The van der Waals surface area contributed by atoms with Gasteiger partial charge in [0, 0.05) is 4.47 Å². The Hall–Kier alpha value is -0.870. The predicted molar refractivity (Wildman–Crippen MR) is 60.5 cm³/mol. The molecule has 0 spiro atoms. The van der Waals surface area contributed by atoms with Crippen LogP contribution >= 0.6 is 15.9 Å². The molecule has 1 aromatic carbocycles. The Morgan fingerprint density at radius 2 is 2.27 bits per heavy atom. The number of carbonyl (C=O) groups excluding carboxylic acids is 1. The highest BCUT2D eigenvalue weighted by atomic mass is 79.9. The Kier molecular flexibility index (Phi) is 4.29. The lowest BCUT2D eigenvalue weighted by molar-refractivity contribution is -0.142. The second-order valence-corrected chi connectivity index (χ2v) is 4.16. The average molecular weight is 273 g/mol. The Balaban J connectivity index is 2.78. The van der Waals surface area contributed by atoms with Gasteiger partial charge < -0.3 is 9.84 Å². The van der Waals surface area contributed by atoms with E-state index < -0.39 is 12.1 Å². The lowest BCUT2D eigenvalue weighted by Gasteiger charge is -2.10. The molecule has 0 aliphatic heterocycles. The first kappa shape index (κ1) is 12.2. The zero-order valence-electron chi connectivity index (χ0n) is 8.66. The molecular formula is C11H13BrO3. The highest BCUT2D eigenvalue weighted by Crippen LogP contribution is 2.23. The van der Waals surface area contributed by atoms with Crippen molar-refractivity contribution < 1.29 is 14.6 Å². The summed E-state index contributed by atoms with van der Waals surface area (Å²) in [4.78, 5) is 11.0. The second kappa shape index (κ2) is 5.28. The molecule has 0 saturated heterocycles. The van der Waals surface area contributed by atoms with Gasteiger partial charge >= 0.3 is 5.97 Å². The van der Waals surface area contributed by atoms with Crippen LogP contribution in [0.15, 0.2) is 22.7 Å². The Morgan fingerprint density at radius 1 is 1.60 bits per heavy atom. The molecule has 0 unspecified atom stereocenters. The molecule has 0 aromatic heterocycles. The molecule has 0 aliphatic rings. The Morgan fingerprint density at radius 3 is 2.80 bits per heavy atom. The van der Waals surface area contributed by atoms with Crippen LogP contribution in [0.2, 0.25) is 0 Å². The molecule has 0 saturated carbocycles. The summed E-state index contributed by atoms with van der Waals surface area (Å²) in [5.41, 5.74) is 1.75. The van der Waals surface area contributed by atoms with E-state index in [1.807, 2.05) is 19.1 Å². The quantitative estimate of drug-likeness (QED) is 0.860. The van der Waals surface area contributed by atoms with Crippen LogP contribution in [0.1, 0.15) is 23.7 Å². The molecule has 15 heavy (non-hydrogen) atoms. The molecule has 0 aliphatic carbocycles. The molecule has 1 N–H and O–H groups in total. The van der Waals surface area contributed by atoms with E-state index in [9.17, 15) is 9.90 Å². The summed E-state index contributed by atoms with van der Waals surface area (Å²) in [5.74, 6) is -0.414. The van der Waals surface area contributed by atoms with Gasteiger partial charge in [0.15, 0.2) is 0 Å². The molecule has 0 heterocycles. The first-order chi connectivity index (χ1) is 7.04. The summed E-state index contributed by atoms with van der Waals surface area (Å²) in [6.07, 6.45) is -0.818. The summed E-state index contributed by atoms with van der Waals surface area (Å²) < 4.78 is 5.47. The lowest BCUT2D eigenvalue weighted by Crippen LogP contribution is -2.08. The SMILES string of the molecule is COC(=O)C[C@H](O)c1ccc(Br)c(C)c1. The van der Waals surface area contributed by atoms with Gasteiger partial charge in [0.1, 0.15) is 0 Å². The van der Waals surface area contributed by atoms with Crippen molar-refractivity contribution >= 4 is 21.9 Å². The van der Waals surface area contributed by atoms with Gasteiger partial charge in [-0.15, -0.1) is 0 Å². The van der Waals surface area contributed by atoms with Crippen LogP contribution < -0.4 is 0 Å². The van der Waals surface area contributed by atoms with Crippen molar-refractivity contribution in [3.63, 3.8) is 0 Å². The normalized spacial score (nSPS) is 12.3. The van der Waals surface area contributed by atoms with E-state index in [4.69, 9.17) is 0 Å². The number of hydrogen-bond donors (Lipinski definition) is 1. The molecule has 1 rings (SSSR count). The van der Waals surface area contributed by atoms with Gasteiger partial charge in [-0.1, -0.05) is 28.1 Å². The van der Waals surface area contributed by atoms with Gasteiger partial charge in [-0.25, -0.2) is 0 Å². The molecule has 3 nitrogen and oxygen atoms in total. The zero-order valence-corrected chi connectivity index (χ0v) is 10.2. The van der Waals surface area contributed by atoms with Gasteiger partial charge in [0.2, 0.25) is 0 Å². The Labute approximate surface area is 97.2 Å². The molecule has 0 fully saturated rings. The maximum absolute atomic E-state index is 11.0. The number of halogens is 1. The van der Waals surface area contributed by atoms with E-state index in [0.29, 0.717) is 0 Å². The predicted octanol–water partition coefficient (Wildman–Crippen LogP) is 2.35. The lowest BCUT2D eigenvalue weighted by atomic mass is 10.0. The van der Waals surface area contributed by atoms with E-state index in [1.54, 1.807) is 6.07 Å². The van der Waals surface area contributed by atoms with Crippen molar-refractivity contribution in [1.82, 2.24) is 0 Å². The average Bonchev–Trinajstić information content (AvgIpc) is 2.21. The molecule has 0 amide bonds. The van der Waals surface area contributed by atoms with E-state index in [1.165, 1.54) is 7.11 Å². The van der Waals surface area contributed by atoms with Crippen molar-refractivity contribution in [3.05, 3.63) is 33.8 Å². The summed E-state index contributed by atoms with van der Waals surface area (Å²) in [5, 5.41) is 9.72. The van der Waals surface area contributed by atoms with Crippen molar-refractivity contribution in [1.29, 1.82) is 0 Å². The molecule has 1 atom stereocenters. The summed E-state index contributed by atoms with van der Waals surface area (Å²) in [7, 11) is 1.31. The fraction of sp³-hybridized carbons (Fsp3) is 0.364. The van der Waals surface area contributed by atoms with Crippen LogP contribution in [0.4, 0.5) is 0 Å². The van der Waals surface area contributed by atoms with Gasteiger partial charge in [0.25, 0.3) is 0 Å². The first-order valence-electron chi connectivity index (χ1n) is 4.55. The fourth-order valence-electron chi connectivity index (χ4n) is 1.23. The van der Waals surface area contributed by atoms with Crippen LogP contribution in [0.3, 0.4) is 0 Å². The fourth-order valence-corrected chi connectivity index (χ4v) is 1.48. The highest BCUT2D eigenvalue weighted by Gasteiger charge is 2.13. The van der Waals surface area contributed by atoms with Gasteiger partial charge in [0.05, 0.1) is 19.6 Å². The van der Waals surface area contributed by atoms with Crippen molar-refractivity contribution in [2.24, 2.45) is 0 Å². The van der Waals surface area contributed by atoms with E-state index in [0.717, 1.165) is 15.6 Å². The highest BCUT2D eigenvalue weighted by molar-refractivity contribution is 9.10. The van der Waals surface area contributed by atoms with E-state index >= 15 is 0 Å². The molecule has 1 aromatic rings. The third-order valence-corrected chi connectivity index (χ3v) is 3.04. The number of ether oxygens (including phenoxy) is 1. The number of hydrogen-bond acceptors (Lipinski definition) is 3. The minimum absolute atomic E-state index is 0.0163. The molecule has 0 radical (unpaired) electrons. The van der Waals surface area contributed by atoms with Crippen LogP contribution in [0.25, 0.3) is 0 Å².